The topological polar surface area (TPSA) is 131 Å². The van der Waals surface area contributed by atoms with Crippen molar-refractivity contribution in [2.45, 2.75) is 6.92 Å². The SMILES string of the molecule is COc1cc(C=NNc2nnc(C)c(=O)[nH]2)ccc1OCC(=O)N1CCOCC1. The van der Waals surface area contributed by atoms with Crippen LogP contribution in [0, 0.1) is 6.92 Å². The number of aromatic amines is 1. The van der Waals surface area contributed by atoms with E-state index >= 15 is 0 Å². The number of benzene rings is 1. The number of nitrogens with one attached hydrogen (secondary N) is 2. The molecule has 1 aromatic carbocycles. The second-order valence-corrected chi connectivity index (χ2v) is 6.15. The van der Waals surface area contributed by atoms with Crippen molar-refractivity contribution in [3.63, 3.8) is 0 Å². The van der Waals surface area contributed by atoms with E-state index in [-0.39, 0.29) is 29.7 Å². The average Bonchev–Trinajstić information content (AvgIpc) is 2.75. The van der Waals surface area contributed by atoms with Crippen molar-refractivity contribution < 1.29 is 19.0 Å². The number of morpholine rings is 1. The molecule has 0 unspecified atom stereocenters. The molecule has 0 saturated carbocycles. The molecule has 1 aromatic heterocycles. The summed E-state index contributed by atoms with van der Waals surface area (Å²) in [7, 11) is 1.51. The van der Waals surface area contributed by atoms with Crippen molar-refractivity contribution in [2.75, 3.05) is 45.4 Å². The van der Waals surface area contributed by atoms with Crippen LogP contribution in [0.4, 0.5) is 5.95 Å². The molecule has 2 aromatic rings. The van der Waals surface area contributed by atoms with E-state index in [1.165, 1.54) is 13.3 Å². The van der Waals surface area contributed by atoms with Gasteiger partial charge in [-0.15, -0.1) is 10.2 Å². The number of amides is 1. The Hall–Kier alpha value is -3.47. The summed E-state index contributed by atoms with van der Waals surface area (Å²) in [5.74, 6) is 0.948. The fourth-order valence-corrected chi connectivity index (χ4v) is 2.54. The Bertz CT molecular complexity index is 939. The zero-order valence-electron chi connectivity index (χ0n) is 16.2. The summed E-state index contributed by atoms with van der Waals surface area (Å²) in [4.78, 5) is 27.9. The number of aromatic nitrogens is 3. The van der Waals surface area contributed by atoms with Gasteiger partial charge < -0.3 is 19.1 Å². The number of carbonyl (C=O) groups excluding carboxylic acids is 1. The van der Waals surface area contributed by atoms with Crippen LogP contribution in [0.1, 0.15) is 11.3 Å². The Kier molecular flexibility index (Phi) is 6.74. The molecule has 1 saturated heterocycles. The van der Waals surface area contributed by atoms with Gasteiger partial charge in [-0.05, 0) is 30.7 Å². The van der Waals surface area contributed by atoms with E-state index in [4.69, 9.17) is 14.2 Å². The largest absolute Gasteiger partial charge is 0.493 e. The van der Waals surface area contributed by atoms with Crippen LogP contribution in [0.2, 0.25) is 0 Å². The molecular weight excluding hydrogens is 380 g/mol. The van der Waals surface area contributed by atoms with Crippen LogP contribution in [-0.2, 0) is 9.53 Å². The van der Waals surface area contributed by atoms with Gasteiger partial charge in [0.1, 0.15) is 5.69 Å². The number of aryl methyl sites for hydroxylation is 1. The summed E-state index contributed by atoms with van der Waals surface area (Å²) in [6.07, 6.45) is 1.52. The van der Waals surface area contributed by atoms with E-state index in [0.29, 0.717) is 43.4 Å². The van der Waals surface area contributed by atoms with Crippen LogP contribution in [0.25, 0.3) is 0 Å². The third kappa shape index (κ3) is 5.51. The number of hydrazone groups is 1. The molecule has 0 spiro atoms. The minimum absolute atomic E-state index is 0.0786. The molecule has 1 aliphatic heterocycles. The van der Waals surface area contributed by atoms with Gasteiger partial charge in [-0.25, -0.2) is 5.43 Å². The van der Waals surface area contributed by atoms with E-state index in [9.17, 15) is 9.59 Å². The van der Waals surface area contributed by atoms with Gasteiger partial charge >= 0.3 is 0 Å². The molecular formula is C18H22N6O5. The smallest absolute Gasteiger partial charge is 0.274 e. The highest BCUT2D eigenvalue weighted by Crippen LogP contribution is 2.27. The van der Waals surface area contributed by atoms with Crippen LogP contribution in [-0.4, -0.2) is 72.2 Å². The van der Waals surface area contributed by atoms with Crippen molar-refractivity contribution in [1.82, 2.24) is 20.1 Å². The molecule has 1 aliphatic rings. The summed E-state index contributed by atoms with van der Waals surface area (Å²) < 4.78 is 16.2. The first kappa shape index (κ1) is 20.3. The molecule has 154 valence electrons. The number of nitrogens with zero attached hydrogens (tertiary/aromatic N) is 4. The molecule has 2 heterocycles. The van der Waals surface area contributed by atoms with Gasteiger partial charge in [-0.3, -0.25) is 14.6 Å². The molecule has 0 bridgehead atoms. The predicted octanol–water partition coefficient (Wildman–Crippen LogP) is 0.166. The summed E-state index contributed by atoms with van der Waals surface area (Å²) in [5.41, 5.74) is 3.24. The lowest BCUT2D eigenvalue weighted by Crippen LogP contribution is -2.43. The second-order valence-electron chi connectivity index (χ2n) is 6.15. The average molecular weight is 402 g/mol. The summed E-state index contributed by atoms with van der Waals surface area (Å²) >= 11 is 0. The highest BCUT2D eigenvalue weighted by Gasteiger charge is 2.18. The lowest BCUT2D eigenvalue weighted by molar-refractivity contribution is -0.137. The number of anilines is 1. The minimum atomic E-state index is -0.340. The Labute approximate surface area is 166 Å². The lowest BCUT2D eigenvalue weighted by Gasteiger charge is -2.26. The number of rotatable bonds is 7. The standard InChI is InChI=1S/C18H22N6O5/c1-12-17(26)20-18(23-21-12)22-19-10-13-3-4-14(15(9-13)27-2)29-11-16(25)24-5-7-28-8-6-24/h3-4,9-10H,5-8,11H2,1-2H3,(H2,20,22,23,26). The van der Waals surface area contributed by atoms with Gasteiger partial charge in [-0.1, -0.05) is 0 Å². The first-order valence-electron chi connectivity index (χ1n) is 8.96. The second kappa shape index (κ2) is 9.64. The molecule has 11 heteroatoms. The van der Waals surface area contributed by atoms with Gasteiger partial charge in [-0.2, -0.15) is 5.10 Å². The van der Waals surface area contributed by atoms with E-state index in [1.807, 2.05) is 0 Å². The molecule has 11 nitrogen and oxygen atoms in total. The molecule has 0 atom stereocenters. The van der Waals surface area contributed by atoms with Crippen LogP contribution in [0.5, 0.6) is 11.5 Å². The number of hydrogen-bond acceptors (Lipinski definition) is 9. The molecule has 2 N–H and O–H groups in total. The first-order chi connectivity index (χ1) is 14.1. The first-order valence-corrected chi connectivity index (χ1v) is 8.96. The fourth-order valence-electron chi connectivity index (χ4n) is 2.54. The quantitative estimate of drug-likeness (QED) is 0.495. The fraction of sp³-hybridized carbons (Fsp3) is 0.389. The van der Waals surface area contributed by atoms with Crippen molar-refractivity contribution in [2.24, 2.45) is 5.10 Å². The van der Waals surface area contributed by atoms with E-state index < -0.39 is 0 Å². The van der Waals surface area contributed by atoms with Gasteiger partial charge in [0, 0.05) is 13.1 Å². The van der Waals surface area contributed by atoms with Crippen LogP contribution >= 0.6 is 0 Å². The van der Waals surface area contributed by atoms with Gasteiger partial charge in [0.25, 0.3) is 11.5 Å². The molecule has 1 fully saturated rings. The number of ether oxygens (including phenoxy) is 3. The van der Waals surface area contributed by atoms with Gasteiger partial charge in [0.05, 0.1) is 26.5 Å². The van der Waals surface area contributed by atoms with Crippen molar-refractivity contribution >= 4 is 18.1 Å². The third-order valence-electron chi connectivity index (χ3n) is 4.15. The Morgan fingerprint density at radius 3 is 2.86 bits per heavy atom. The Morgan fingerprint density at radius 2 is 2.14 bits per heavy atom. The summed E-state index contributed by atoms with van der Waals surface area (Å²) in [6.45, 7) is 3.70. The maximum atomic E-state index is 12.2. The molecule has 29 heavy (non-hydrogen) atoms. The van der Waals surface area contributed by atoms with Crippen LogP contribution in [0.3, 0.4) is 0 Å². The molecule has 3 rings (SSSR count). The summed E-state index contributed by atoms with van der Waals surface area (Å²) in [5, 5.41) is 11.5. The molecule has 0 radical (unpaired) electrons. The Balaban J connectivity index is 1.59. The van der Waals surface area contributed by atoms with E-state index in [1.54, 1.807) is 30.0 Å². The predicted molar refractivity (Wildman–Crippen MR) is 104 cm³/mol. The monoisotopic (exact) mass is 402 g/mol. The highest BCUT2D eigenvalue weighted by molar-refractivity contribution is 5.81. The van der Waals surface area contributed by atoms with Gasteiger partial charge in [0.2, 0.25) is 5.95 Å². The van der Waals surface area contributed by atoms with E-state index in [2.05, 4.69) is 25.7 Å². The van der Waals surface area contributed by atoms with Crippen molar-refractivity contribution in [3.05, 3.63) is 39.8 Å². The molecule has 1 amide bonds. The van der Waals surface area contributed by atoms with Crippen molar-refractivity contribution in [3.8, 4) is 11.5 Å². The Morgan fingerprint density at radius 1 is 1.34 bits per heavy atom. The van der Waals surface area contributed by atoms with Crippen molar-refractivity contribution in [1.29, 1.82) is 0 Å². The number of H-pyrrole nitrogens is 1. The minimum Gasteiger partial charge on any atom is -0.493 e. The lowest BCUT2D eigenvalue weighted by atomic mass is 10.2. The van der Waals surface area contributed by atoms with Gasteiger partial charge in [0.15, 0.2) is 18.1 Å². The number of carbonyl (C=O) groups is 1. The maximum absolute atomic E-state index is 12.2. The zero-order chi connectivity index (χ0) is 20.6. The normalized spacial score (nSPS) is 14.1. The number of methoxy groups -OCH3 is 1. The summed E-state index contributed by atoms with van der Waals surface area (Å²) in [6, 6.07) is 5.16. The zero-order valence-corrected chi connectivity index (χ0v) is 16.2. The maximum Gasteiger partial charge on any atom is 0.274 e. The highest BCUT2D eigenvalue weighted by atomic mass is 16.5. The van der Waals surface area contributed by atoms with Crippen LogP contribution in [0.15, 0.2) is 28.1 Å². The number of hydrogen-bond donors (Lipinski definition) is 2. The van der Waals surface area contributed by atoms with Crippen LogP contribution < -0.4 is 20.5 Å². The molecule has 0 aliphatic carbocycles. The third-order valence-corrected chi connectivity index (χ3v) is 4.15. The van der Waals surface area contributed by atoms with E-state index in [0.717, 1.165) is 0 Å².